The highest BCUT2D eigenvalue weighted by atomic mass is 16.6. The average Bonchev–Trinajstić information content (AvgIpc) is 2.54. The minimum atomic E-state index is -0.385. The lowest BCUT2D eigenvalue weighted by Crippen LogP contribution is -2.09. The number of hydrogen-bond acceptors (Lipinski definition) is 3. The van der Waals surface area contributed by atoms with Crippen molar-refractivity contribution < 1.29 is 4.92 Å². The highest BCUT2D eigenvalue weighted by Crippen LogP contribution is 2.28. The van der Waals surface area contributed by atoms with Crippen molar-refractivity contribution in [2.75, 3.05) is 11.9 Å². The summed E-state index contributed by atoms with van der Waals surface area (Å²) in [5, 5.41) is 10.7. The highest BCUT2D eigenvalue weighted by Gasteiger charge is 2.09. The Labute approximate surface area is 130 Å². The predicted molar refractivity (Wildman–Crippen MR) is 91.7 cm³/mol. The van der Waals surface area contributed by atoms with Crippen molar-refractivity contribution in [3.63, 3.8) is 0 Å². The van der Waals surface area contributed by atoms with Crippen molar-refractivity contribution in [1.29, 1.82) is 0 Å². The van der Waals surface area contributed by atoms with Gasteiger partial charge in [0.15, 0.2) is 0 Å². The summed E-state index contributed by atoms with van der Waals surface area (Å²) in [6.45, 7) is 4.15. The van der Waals surface area contributed by atoms with Crippen LogP contribution < -0.4 is 4.90 Å². The van der Waals surface area contributed by atoms with E-state index in [0.29, 0.717) is 0 Å². The summed E-state index contributed by atoms with van der Waals surface area (Å²) in [7, 11) is 1.96. The predicted octanol–water partition coefficient (Wildman–Crippen LogP) is 4.96. The molecule has 0 amide bonds. The third-order valence-corrected chi connectivity index (χ3v) is 3.69. The first-order valence-corrected chi connectivity index (χ1v) is 7.30. The Morgan fingerprint density at radius 2 is 1.77 bits per heavy atom. The minimum absolute atomic E-state index is 0.105. The van der Waals surface area contributed by atoms with E-state index in [-0.39, 0.29) is 10.6 Å². The number of rotatable bonds is 5. The molecule has 4 nitrogen and oxygen atoms in total. The van der Waals surface area contributed by atoms with E-state index < -0.39 is 0 Å². The Kier molecular flexibility index (Phi) is 4.94. The SMILES string of the molecule is C/C=C\c1cc(N(C)c2ccc([N+](=O)[O-])cc2)ccc1CC. The fourth-order valence-electron chi connectivity index (χ4n) is 2.39. The quantitative estimate of drug-likeness (QED) is 0.579. The van der Waals surface area contributed by atoms with Gasteiger partial charge in [-0.3, -0.25) is 10.1 Å². The van der Waals surface area contributed by atoms with Crippen LogP contribution in [-0.2, 0) is 6.42 Å². The number of benzene rings is 2. The normalized spacial score (nSPS) is 10.9. The van der Waals surface area contributed by atoms with Gasteiger partial charge < -0.3 is 4.90 Å². The second-order valence-electron chi connectivity index (χ2n) is 5.07. The Morgan fingerprint density at radius 1 is 1.14 bits per heavy atom. The molecular formula is C18H20N2O2. The summed E-state index contributed by atoms with van der Waals surface area (Å²) in [4.78, 5) is 12.4. The average molecular weight is 296 g/mol. The van der Waals surface area contributed by atoms with E-state index >= 15 is 0 Å². The fraction of sp³-hybridized carbons (Fsp3) is 0.222. The molecule has 0 atom stereocenters. The zero-order valence-electron chi connectivity index (χ0n) is 13.1. The van der Waals surface area contributed by atoms with Crippen LogP contribution in [0.15, 0.2) is 48.5 Å². The Hall–Kier alpha value is -2.62. The van der Waals surface area contributed by atoms with Crippen LogP contribution in [0.1, 0.15) is 25.0 Å². The van der Waals surface area contributed by atoms with Gasteiger partial charge in [-0.2, -0.15) is 0 Å². The number of nitro benzene ring substituents is 1. The van der Waals surface area contributed by atoms with E-state index in [1.165, 1.54) is 23.3 Å². The number of non-ortho nitro benzene ring substituents is 1. The molecule has 0 unspecified atom stereocenters. The number of nitrogens with zero attached hydrogens (tertiary/aromatic N) is 2. The molecule has 0 saturated carbocycles. The Bertz CT molecular complexity index is 691. The molecule has 0 bridgehead atoms. The molecule has 2 aromatic rings. The molecule has 0 fully saturated rings. The maximum absolute atomic E-state index is 10.7. The van der Waals surface area contributed by atoms with Crippen LogP contribution in [0.3, 0.4) is 0 Å². The van der Waals surface area contributed by atoms with Gasteiger partial charge in [-0.05, 0) is 48.7 Å². The molecule has 0 saturated heterocycles. The van der Waals surface area contributed by atoms with Gasteiger partial charge in [0, 0.05) is 30.6 Å². The Morgan fingerprint density at radius 3 is 2.32 bits per heavy atom. The van der Waals surface area contributed by atoms with Gasteiger partial charge in [-0.1, -0.05) is 25.1 Å². The lowest BCUT2D eigenvalue weighted by atomic mass is 10.0. The van der Waals surface area contributed by atoms with Crippen LogP contribution >= 0.6 is 0 Å². The van der Waals surface area contributed by atoms with E-state index in [0.717, 1.165) is 17.8 Å². The van der Waals surface area contributed by atoms with E-state index in [1.807, 2.05) is 24.9 Å². The van der Waals surface area contributed by atoms with Crippen LogP contribution in [0.25, 0.3) is 6.08 Å². The molecule has 114 valence electrons. The topological polar surface area (TPSA) is 46.4 Å². The van der Waals surface area contributed by atoms with Crippen LogP contribution in [0, 0.1) is 10.1 Å². The first-order chi connectivity index (χ1) is 10.6. The number of aryl methyl sites for hydroxylation is 1. The summed E-state index contributed by atoms with van der Waals surface area (Å²) in [5.41, 5.74) is 4.59. The molecule has 0 aliphatic heterocycles. The molecule has 2 rings (SSSR count). The maximum Gasteiger partial charge on any atom is 0.269 e. The lowest BCUT2D eigenvalue weighted by Gasteiger charge is -2.20. The first kappa shape index (κ1) is 15.8. The molecular weight excluding hydrogens is 276 g/mol. The number of nitro groups is 1. The van der Waals surface area contributed by atoms with E-state index in [9.17, 15) is 10.1 Å². The van der Waals surface area contributed by atoms with Gasteiger partial charge in [0.25, 0.3) is 5.69 Å². The summed E-state index contributed by atoms with van der Waals surface area (Å²) in [6.07, 6.45) is 5.12. The number of hydrogen-bond donors (Lipinski definition) is 0. The minimum Gasteiger partial charge on any atom is -0.345 e. The molecule has 0 spiro atoms. The number of allylic oxidation sites excluding steroid dienone is 1. The summed E-state index contributed by atoms with van der Waals surface area (Å²) >= 11 is 0. The highest BCUT2D eigenvalue weighted by molar-refractivity contribution is 5.68. The van der Waals surface area contributed by atoms with E-state index in [1.54, 1.807) is 12.1 Å². The maximum atomic E-state index is 10.7. The third-order valence-electron chi connectivity index (χ3n) is 3.69. The van der Waals surface area contributed by atoms with Gasteiger partial charge in [-0.25, -0.2) is 0 Å². The second-order valence-corrected chi connectivity index (χ2v) is 5.07. The first-order valence-electron chi connectivity index (χ1n) is 7.30. The Balaban J connectivity index is 2.34. The van der Waals surface area contributed by atoms with Gasteiger partial charge in [0.1, 0.15) is 0 Å². The standard InChI is InChI=1S/C18H20N2O2/c1-4-6-15-13-18(8-7-14(15)5-2)19(3)16-9-11-17(12-10-16)20(21)22/h4,6-13H,5H2,1-3H3/b6-4-. The van der Waals surface area contributed by atoms with Gasteiger partial charge in [0.2, 0.25) is 0 Å². The molecule has 0 aromatic heterocycles. The molecule has 0 aliphatic carbocycles. The molecule has 0 N–H and O–H groups in total. The lowest BCUT2D eigenvalue weighted by molar-refractivity contribution is -0.384. The van der Waals surface area contributed by atoms with Crippen LogP contribution in [0.2, 0.25) is 0 Å². The van der Waals surface area contributed by atoms with Crippen molar-refractivity contribution in [1.82, 2.24) is 0 Å². The van der Waals surface area contributed by atoms with Gasteiger partial charge >= 0.3 is 0 Å². The molecule has 0 aliphatic rings. The van der Waals surface area contributed by atoms with Crippen molar-refractivity contribution in [3.05, 3.63) is 69.8 Å². The van der Waals surface area contributed by atoms with Gasteiger partial charge in [-0.15, -0.1) is 0 Å². The van der Waals surface area contributed by atoms with Crippen molar-refractivity contribution in [2.45, 2.75) is 20.3 Å². The van der Waals surface area contributed by atoms with Crippen molar-refractivity contribution >= 4 is 23.1 Å². The second kappa shape index (κ2) is 6.89. The van der Waals surface area contributed by atoms with Gasteiger partial charge in [0.05, 0.1) is 4.92 Å². The van der Waals surface area contributed by atoms with Crippen LogP contribution in [-0.4, -0.2) is 12.0 Å². The third kappa shape index (κ3) is 3.34. The zero-order valence-corrected chi connectivity index (χ0v) is 13.1. The monoisotopic (exact) mass is 296 g/mol. The van der Waals surface area contributed by atoms with Crippen molar-refractivity contribution in [2.24, 2.45) is 0 Å². The zero-order chi connectivity index (χ0) is 16.1. The molecule has 4 heteroatoms. The number of anilines is 2. The molecule has 0 radical (unpaired) electrons. The molecule has 22 heavy (non-hydrogen) atoms. The van der Waals surface area contributed by atoms with Crippen LogP contribution in [0.5, 0.6) is 0 Å². The summed E-state index contributed by atoms with van der Waals surface area (Å²) < 4.78 is 0. The largest absolute Gasteiger partial charge is 0.345 e. The fourth-order valence-corrected chi connectivity index (χ4v) is 2.39. The van der Waals surface area contributed by atoms with Crippen molar-refractivity contribution in [3.8, 4) is 0 Å². The van der Waals surface area contributed by atoms with E-state index in [2.05, 4.69) is 31.2 Å². The smallest absolute Gasteiger partial charge is 0.269 e. The van der Waals surface area contributed by atoms with E-state index in [4.69, 9.17) is 0 Å². The summed E-state index contributed by atoms with van der Waals surface area (Å²) in [6, 6.07) is 12.9. The molecule has 0 heterocycles. The summed E-state index contributed by atoms with van der Waals surface area (Å²) in [5.74, 6) is 0. The molecule has 2 aromatic carbocycles. The van der Waals surface area contributed by atoms with Crippen LogP contribution in [0.4, 0.5) is 17.1 Å².